The second kappa shape index (κ2) is 7.73. The quantitative estimate of drug-likeness (QED) is 0.272. The smallest absolute Gasteiger partial charge is 0.101 e. The summed E-state index contributed by atoms with van der Waals surface area (Å²) in [7, 11) is 0. The van der Waals surface area contributed by atoms with Crippen LogP contribution in [0.5, 0.6) is 0 Å². The predicted octanol–water partition coefficient (Wildman–Crippen LogP) is 7.61. The molecule has 2 aliphatic rings. The van der Waals surface area contributed by atoms with Crippen LogP contribution in [-0.2, 0) is 0 Å². The number of para-hydroxylation sites is 3. The number of fused-ring (bicyclic) bond motifs is 7. The molecule has 0 radical (unpaired) electrons. The third-order valence-electron chi connectivity index (χ3n) is 7.37. The van der Waals surface area contributed by atoms with Gasteiger partial charge in [0, 0.05) is 22.4 Å². The van der Waals surface area contributed by atoms with E-state index in [0.29, 0.717) is 11.1 Å². The molecule has 0 N–H and O–H groups in total. The van der Waals surface area contributed by atoms with Crippen LogP contribution in [0.15, 0.2) is 109 Å². The van der Waals surface area contributed by atoms with Crippen LogP contribution in [0.2, 0.25) is 0 Å². The zero-order chi connectivity index (χ0) is 24.2. The van der Waals surface area contributed by atoms with Crippen LogP contribution in [0.3, 0.4) is 0 Å². The number of rotatable bonds is 2. The Morgan fingerprint density at radius 3 is 2.19 bits per heavy atom. The maximum absolute atomic E-state index is 9.87. The molecule has 5 aromatic rings. The fourth-order valence-corrected chi connectivity index (χ4v) is 5.93. The number of anilines is 2. The van der Waals surface area contributed by atoms with Crippen LogP contribution in [0, 0.1) is 22.7 Å². The Kier molecular flexibility index (Phi) is 4.37. The van der Waals surface area contributed by atoms with E-state index in [0.717, 1.165) is 34.5 Å². The minimum Gasteiger partial charge on any atom is -0.312 e. The summed E-state index contributed by atoms with van der Waals surface area (Å²) in [6.07, 6.45) is 7.42. The van der Waals surface area contributed by atoms with Gasteiger partial charge in [0.05, 0.1) is 39.2 Å². The van der Waals surface area contributed by atoms with Crippen molar-refractivity contribution in [3.05, 3.63) is 126 Å². The highest BCUT2D eigenvalue weighted by Gasteiger charge is 2.38. The van der Waals surface area contributed by atoms with Crippen molar-refractivity contribution < 1.29 is 0 Å². The molecule has 168 valence electrons. The summed E-state index contributed by atoms with van der Waals surface area (Å²) in [5.74, 6) is 0.186. The van der Waals surface area contributed by atoms with E-state index in [4.69, 9.17) is 0 Å². The number of benzene rings is 4. The van der Waals surface area contributed by atoms with Gasteiger partial charge in [0.25, 0.3) is 0 Å². The van der Waals surface area contributed by atoms with E-state index >= 15 is 0 Å². The Bertz CT molecular complexity index is 1860. The van der Waals surface area contributed by atoms with Crippen LogP contribution < -0.4 is 4.90 Å². The van der Waals surface area contributed by atoms with Crippen LogP contribution in [0.25, 0.3) is 27.5 Å². The fourth-order valence-electron chi connectivity index (χ4n) is 5.93. The van der Waals surface area contributed by atoms with Gasteiger partial charge in [-0.05, 0) is 60.5 Å². The van der Waals surface area contributed by atoms with Gasteiger partial charge in [-0.2, -0.15) is 10.5 Å². The van der Waals surface area contributed by atoms with Crippen molar-refractivity contribution in [3.63, 3.8) is 0 Å². The van der Waals surface area contributed by atoms with E-state index in [1.165, 1.54) is 22.0 Å². The summed E-state index contributed by atoms with van der Waals surface area (Å²) in [5.41, 5.74) is 8.84. The van der Waals surface area contributed by atoms with Crippen LogP contribution >= 0.6 is 0 Å². The second-order valence-corrected chi connectivity index (χ2v) is 9.15. The molecule has 2 heterocycles. The molecular formula is C32H20N4. The average molecular weight is 461 g/mol. The zero-order valence-electron chi connectivity index (χ0n) is 19.4. The first kappa shape index (κ1) is 20.3. The Morgan fingerprint density at radius 1 is 0.694 bits per heavy atom. The van der Waals surface area contributed by atoms with Gasteiger partial charge in [0.15, 0.2) is 0 Å². The summed E-state index contributed by atoms with van der Waals surface area (Å²) < 4.78 is 2.22. The van der Waals surface area contributed by atoms with E-state index < -0.39 is 0 Å². The number of nitriles is 2. The molecule has 0 saturated carbocycles. The molecule has 0 bridgehead atoms. The third-order valence-corrected chi connectivity index (χ3v) is 7.37. The maximum Gasteiger partial charge on any atom is 0.101 e. The predicted molar refractivity (Wildman–Crippen MR) is 143 cm³/mol. The monoisotopic (exact) mass is 460 g/mol. The highest BCUT2D eigenvalue weighted by Crippen LogP contribution is 2.55. The Hall–Kier alpha value is -5.06. The Morgan fingerprint density at radius 2 is 1.39 bits per heavy atom. The zero-order valence-corrected chi connectivity index (χ0v) is 19.4. The van der Waals surface area contributed by atoms with E-state index in [9.17, 15) is 10.5 Å². The summed E-state index contributed by atoms with van der Waals surface area (Å²) >= 11 is 0. The van der Waals surface area contributed by atoms with Crippen molar-refractivity contribution >= 4 is 33.2 Å². The van der Waals surface area contributed by atoms with E-state index in [1.807, 2.05) is 48.5 Å². The van der Waals surface area contributed by atoms with Gasteiger partial charge in [-0.25, -0.2) is 0 Å². The fraction of sp³-hybridized carbons (Fsp3) is 0.0625. The molecule has 1 atom stereocenters. The molecule has 0 spiro atoms. The van der Waals surface area contributed by atoms with Crippen molar-refractivity contribution in [2.45, 2.75) is 12.3 Å². The lowest BCUT2D eigenvalue weighted by atomic mass is 9.89. The minimum absolute atomic E-state index is 0.186. The molecule has 0 amide bonds. The summed E-state index contributed by atoms with van der Waals surface area (Å²) in [6.45, 7) is 0. The van der Waals surface area contributed by atoms with Crippen LogP contribution in [-0.4, -0.2) is 4.57 Å². The van der Waals surface area contributed by atoms with E-state index in [2.05, 4.69) is 76.2 Å². The van der Waals surface area contributed by atoms with Gasteiger partial charge >= 0.3 is 0 Å². The lowest BCUT2D eigenvalue weighted by Crippen LogP contribution is -2.15. The minimum atomic E-state index is 0.186. The Labute approximate surface area is 208 Å². The highest BCUT2D eigenvalue weighted by atomic mass is 15.2. The standard InChI is InChI=1S/C32H20N4/c33-19-21-9-1-5-13-25(21)35-27-15-7-3-11-23(27)31-29(35)17-18-30-32(31)24-12-4-8-16-28(24)36(30)26-14-6-2-10-22(26)20-34/h1-11,13-18,24H,12H2. The molecule has 1 unspecified atom stereocenters. The average Bonchev–Trinajstić information content (AvgIpc) is 3.45. The van der Waals surface area contributed by atoms with Gasteiger partial charge in [0.1, 0.15) is 12.1 Å². The molecule has 1 aliphatic heterocycles. The number of allylic oxidation sites excluding steroid dienone is 4. The van der Waals surface area contributed by atoms with Crippen molar-refractivity contribution in [3.8, 4) is 17.8 Å². The molecule has 4 heteroatoms. The molecule has 0 fully saturated rings. The van der Waals surface area contributed by atoms with Crippen LogP contribution in [0.4, 0.5) is 11.4 Å². The van der Waals surface area contributed by atoms with Crippen LogP contribution in [0.1, 0.15) is 29.0 Å². The van der Waals surface area contributed by atoms with Crippen molar-refractivity contribution in [1.82, 2.24) is 4.57 Å². The van der Waals surface area contributed by atoms with E-state index in [1.54, 1.807) is 0 Å². The molecule has 0 saturated heterocycles. The largest absolute Gasteiger partial charge is 0.312 e. The third kappa shape index (κ3) is 2.67. The molecule has 4 aromatic carbocycles. The molecule has 7 rings (SSSR count). The lowest BCUT2D eigenvalue weighted by Gasteiger charge is -2.25. The SMILES string of the molecule is N#Cc1ccccc1N1C2=CC=CCC2c2c1ccc1c2c2ccccc2n1-c1ccccc1C#N. The first-order valence-corrected chi connectivity index (χ1v) is 12.0. The van der Waals surface area contributed by atoms with Crippen molar-refractivity contribution in [2.75, 3.05) is 4.90 Å². The molecule has 4 nitrogen and oxygen atoms in total. The number of nitrogens with zero attached hydrogens (tertiary/aromatic N) is 4. The van der Waals surface area contributed by atoms with Gasteiger partial charge in [-0.3, -0.25) is 0 Å². The maximum atomic E-state index is 9.87. The number of aromatic nitrogens is 1. The molecule has 1 aromatic heterocycles. The summed E-state index contributed by atoms with van der Waals surface area (Å²) in [6, 6.07) is 33.1. The number of hydrogen-bond donors (Lipinski definition) is 0. The number of hydrogen-bond acceptors (Lipinski definition) is 3. The second-order valence-electron chi connectivity index (χ2n) is 9.15. The lowest BCUT2D eigenvalue weighted by molar-refractivity contribution is 0.825. The molecule has 36 heavy (non-hydrogen) atoms. The van der Waals surface area contributed by atoms with Crippen molar-refractivity contribution in [1.29, 1.82) is 10.5 Å². The first-order valence-electron chi connectivity index (χ1n) is 12.0. The topological polar surface area (TPSA) is 55.8 Å². The summed E-state index contributed by atoms with van der Waals surface area (Å²) in [4.78, 5) is 2.26. The van der Waals surface area contributed by atoms with Gasteiger partial charge in [0.2, 0.25) is 0 Å². The van der Waals surface area contributed by atoms with Gasteiger partial charge < -0.3 is 9.47 Å². The highest BCUT2D eigenvalue weighted by molar-refractivity contribution is 6.14. The normalized spacial score (nSPS) is 15.9. The van der Waals surface area contributed by atoms with Gasteiger partial charge in [-0.15, -0.1) is 0 Å². The van der Waals surface area contributed by atoms with Crippen molar-refractivity contribution in [2.24, 2.45) is 0 Å². The summed E-state index contributed by atoms with van der Waals surface area (Å²) in [5, 5.41) is 22.1. The van der Waals surface area contributed by atoms with E-state index in [-0.39, 0.29) is 5.92 Å². The molecule has 1 aliphatic carbocycles. The van der Waals surface area contributed by atoms with Gasteiger partial charge in [-0.1, -0.05) is 54.6 Å². The molecular weight excluding hydrogens is 440 g/mol. The Balaban J connectivity index is 1.61. The first-order chi connectivity index (χ1) is 17.8.